The van der Waals surface area contributed by atoms with E-state index in [1.165, 1.54) is 0 Å². The van der Waals surface area contributed by atoms with Gasteiger partial charge in [-0.2, -0.15) is 5.10 Å². The van der Waals surface area contributed by atoms with Gasteiger partial charge in [0.25, 0.3) is 5.91 Å². The number of hydrogen-bond donors (Lipinski definition) is 1. The van der Waals surface area contributed by atoms with Gasteiger partial charge in [0.15, 0.2) is 0 Å². The zero-order valence-electron chi connectivity index (χ0n) is 17.5. The van der Waals surface area contributed by atoms with E-state index in [0.717, 1.165) is 40.3 Å². The molecule has 0 spiro atoms. The number of aromatic nitrogens is 2. The zero-order valence-corrected chi connectivity index (χ0v) is 17.5. The molecule has 0 radical (unpaired) electrons. The molecular formula is C24H27N3O2. The van der Waals surface area contributed by atoms with Crippen molar-refractivity contribution >= 4 is 16.7 Å². The fourth-order valence-electron chi connectivity index (χ4n) is 3.19. The van der Waals surface area contributed by atoms with E-state index in [2.05, 4.69) is 55.3 Å². The fraction of sp³-hybridized carbons (Fsp3) is 0.375. The van der Waals surface area contributed by atoms with E-state index in [1.807, 2.05) is 24.3 Å². The molecule has 0 bridgehead atoms. The molecule has 150 valence electrons. The topological polar surface area (TPSA) is 64.1 Å². The first kappa shape index (κ1) is 19.4. The lowest BCUT2D eigenvalue weighted by atomic mass is 9.96. The normalized spacial score (nSPS) is 14.1. The summed E-state index contributed by atoms with van der Waals surface area (Å²) in [6.07, 6.45) is 3.91. The summed E-state index contributed by atoms with van der Waals surface area (Å²) in [5.41, 5.74) is 3.95. The first-order valence-corrected chi connectivity index (χ1v) is 10.1. The summed E-state index contributed by atoms with van der Waals surface area (Å²) >= 11 is 0. The predicted molar refractivity (Wildman–Crippen MR) is 115 cm³/mol. The van der Waals surface area contributed by atoms with Crippen molar-refractivity contribution in [2.24, 2.45) is 5.41 Å². The van der Waals surface area contributed by atoms with Crippen LogP contribution in [0.15, 0.2) is 42.6 Å². The highest BCUT2D eigenvalue weighted by Crippen LogP contribution is 2.31. The summed E-state index contributed by atoms with van der Waals surface area (Å²) in [6.45, 7) is 9.00. The summed E-state index contributed by atoms with van der Waals surface area (Å²) < 4.78 is 5.92. The van der Waals surface area contributed by atoms with Gasteiger partial charge >= 0.3 is 0 Å². The number of nitrogens with one attached hydrogen (secondary N) is 1. The van der Waals surface area contributed by atoms with Crippen molar-refractivity contribution in [2.75, 3.05) is 6.61 Å². The van der Waals surface area contributed by atoms with Gasteiger partial charge in [0.2, 0.25) is 5.88 Å². The third-order valence-corrected chi connectivity index (χ3v) is 4.99. The minimum absolute atomic E-state index is 0.00160. The second-order valence-electron chi connectivity index (χ2n) is 9.08. The highest BCUT2D eigenvalue weighted by atomic mass is 16.5. The number of rotatable bonds is 5. The van der Waals surface area contributed by atoms with Crippen molar-refractivity contribution in [1.82, 2.24) is 15.5 Å². The Morgan fingerprint density at radius 2 is 1.97 bits per heavy atom. The summed E-state index contributed by atoms with van der Waals surface area (Å²) in [4.78, 5) is 12.5. The Bertz CT molecular complexity index is 1070. The first-order chi connectivity index (χ1) is 13.8. The van der Waals surface area contributed by atoms with Crippen LogP contribution in [0.2, 0.25) is 0 Å². The van der Waals surface area contributed by atoms with Crippen LogP contribution >= 0.6 is 0 Å². The molecule has 1 heterocycles. The number of carbonyl (C=O) groups is 1. The van der Waals surface area contributed by atoms with Crippen molar-refractivity contribution < 1.29 is 9.53 Å². The molecule has 0 atom stereocenters. The highest BCUT2D eigenvalue weighted by molar-refractivity contribution is 5.97. The number of carbonyl (C=O) groups excluding carboxylic acids is 1. The lowest BCUT2D eigenvalue weighted by Crippen LogP contribution is -2.25. The molecule has 2 aromatic carbocycles. The maximum absolute atomic E-state index is 12.5. The highest BCUT2D eigenvalue weighted by Gasteiger charge is 2.24. The molecule has 4 rings (SSSR count). The quantitative estimate of drug-likeness (QED) is 0.672. The van der Waals surface area contributed by atoms with E-state index in [-0.39, 0.29) is 11.3 Å². The van der Waals surface area contributed by atoms with E-state index in [1.54, 1.807) is 6.20 Å². The van der Waals surface area contributed by atoms with Gasteiger partial charge in [-0.1, -0.05) is 32.9 Å². The minimum Gasteiger partial charge on any atom is -0.476 e. The van der Waals surface area contributed by atoms with Crippen molar-refractivity contribution in [2.45, 2.75) is 46.6 Å². The SMILES string of the molecule is Cc1ccc(C(=O)NC2CC2)cc1-c1ccc2c(OCC(C)(C)C)nncc2c1. The molecule has 0 saturated heterocycles. The summed E-state index contributed by atoms with van der Waals surface area (Å²) in [5, 5.41) is 13.3. The maximum atomic E-state index is 12.5. The third-order valence-electron chi connectivity index (χ3n) is 4.99. The molecule has 1 N–H and O–H groups in total. The van der Waals surface area contributed by atoms with Gasteiger partial charge in [-0.15, -0.1) is 5.10 Å². The lowest BCUT2D eigenvalue weighted by molar-refractivity contribution is 0.0951. The Kier molecular flexibility index (Phi) is 4.99. The van der Waals surface area contributed by atoms with E-state index >= 15 is 0 Å². The van der Waals surface area contributed by atoms with Crippen LogP contribution in [0.1, 0.15) is 49.5 Å². The summed E-state index contributed by atoms with van der Waals surface area (Å²) in [6, 6.07) is 12.4. The minimum atomic E-state index is -0.00160. The van der Waals surface area contributed by atoms with Crippen LogP contribution in [0.4, 0.5) is 0 Å². The summed E-state index contributed by atoms with van der Waals surface area (Å²) in [5.74, 6) is 0.552. The van der Waals surface area contributed by atoms with Crippen LogP contribution < -0.4 is 10.1 Å². The number of amides is 1. The van der Waals surface area contributed by atoms with Gasteiger partial charge in [0.1, 0.15) is 0 Å². The predicted octanol–water partition coefficient (Wildman–Crippen LogP) is 4.92. The molecule has 1 aliphatic rings. The largest absolute Gasteiger partial charge is 0.476 e. The Morgan fingerprint density at radius 3 is 2.69 bits per heavy atom. The molecule has 3 aromatic rings. The van der Waals surface area contributed by atoms with Crippen LogP contribution in [0.25, 0.3) is 21.9 Å². The van der Waals surface area contributed by atoms with Crippen LogP contribution in [-0.4, -0.2) is 28.8 Å². The third kappa shape index (κ3) is 4.56. The molecule has 1 fully saturated rings. The van der Waals surface area contributed by atoms with Gasteiger partial charge in [-0.25, -0.2) is 0 Å². The Hall–Kier alpha value is -2.95. The number of ether oxygens (including phenoxy) is 1. The van der Waals surface area contributed by atoms with Crippen molar-refractivity contribution in [1.29, 1.82) is 0 Å². The molecule has 5 nitrogen and oxygen atoms in total. The van der Waals surface area contributed by atoms with Crippen molar-refractivity contribution in [3.05, 3.63) is 53.7 Å². The molecule has 1 aromatic heterocycles. The second-order valence-corrected chi connectivity index (χ2v) is 9.08. The van der Waals surface area contributed by atoms with E-state index in [4.69, 9.17) is 4.74 Å². The van der Waals surface area contributed by atoms with Gasteiger partial charge in [0, 0.05) is 22.4 Å². The van der Waals surface area contributed by atoms with Crippen LogP contribution in [0.3, 0.4) is 0 Å². The van der Waals surface area contributed by atoms with E-state index in [0.29, 0.717) is 24.1 Å². The van der Waals surface area contributed by atoms with Crippen LogP contribution in [0, 0.1) is 12.3 Å². The van der Waals surface area contributed by atoms with Gasteiger partial charge in [-0.3, -0.25) is 4.79 Å². The van der Waals surface area contributed by atoms with Crippen molar-refractivity contribution in [3.8, 4) is 17.0 Å². The molecule has 1 amide bonds. The standard InChI is InChI=1S/C24H27N3O2/c1-15-5-6-17(22(28)26-19-8-9-19)12-21(15)16-7-10-20-18(11-16)13-25-27-23(20)29-14-24(2,3)4/h5-7,10-13,19H,8-9,14H2,1-4H3,(H,26,28). The molecule has 0 aliphatic heterocycles. The zero-order chi connectivity index (χ0) is 20.6. The fourth-order valence-corrected chi connectivity index (χ4v) is 3.19. The number of fused-ring (bicyclic) bond motifs is 1. The van der Waals surface area contributed by atoms with Crippen molar-refractivity contribution in [3.63, 3.8) is 0 Å². The number of hydrogen-bond acceptors (Lipinski definition) is 4. The molecular weight excluding hydrogens is 362 g/mol. The Morgan fingerprint density at radius 1 is 1.17 bits per heavy atom. The lowest BCUT2D eigenvalue weighted by Gasteiger charge is -2.18. The Balaban J connectivity index is 1.66. The second kappa shape index (κ2) is 7.47. The molecule has 0 unspecified atom stereocenters. The average Bonchev–Trinajstić information content (AvgIpc) is 3.49. The van der Waals surface area contributed by atoms with Gasteiger partial charge < -0.3 is 10.1 Å². The number of benzene rings is 2. The number of aryl methyl sites for hydroxylation is 1. The maximum Gasteiger partial charge on any atom is 0.251 e. The van der Waals surface area contributed by atoms with Gasteiger partial charge in [0.05, 0.1) is 12.8 Å². The molecule has 1 aliphatic carbocycles. The van der Waals surface area contributed by atoms with Crippen LogP contribution in [-0.2, 0) is 0 Å². The number of nitrogens with zero attached hydrogens (tertiary/aromatic N) is 2. The average molecular weight is 389 g/mol. The molecule has 5 heteroatoms. The monoisotopic (exact) mass is 389 g/mol. The van der Waals surface area contributed by atoms with E-state index in [9.17, 15) is 4.79 Å². The smallest absolute Gasteiger partial charge is 0.251 e. The molecule has 1 saturated carbocycles. The van der Waals surface area contributed by atoms with Crippen LogP contribution in [0.5, 0.6) is 5.88 Å². The molecule has 29 heavy (non-hydrogen) atoms. The Labute approximate surface area is 171 Å². The van der Waals surface area contributed by atoms with Gasteiger partial charge in [-0.05, 0) is 66.1 Å². The van der Waals surface area contributed by atoms with E-state index < -0.39 is 0 Å². The first-order valence-electron chi connectivity index (χ1n) is 10.1. The summed E-state index contributed by atoms with van der Waals surface area (Å²) in [7, 11) is 0.